The molecule has 34 heavy (non-hydrogen) atoms. The van der Waals surface area contributed by atoms with Crippen LogP contribution in [0.2, 0.25) is 0 Å². The summed E-state index contributed by atoms with van der Waals surface area (Å²) in [5.41, 5.74) is -1.55. The summed E-state index contributed by atoms with van der Waals surface area (Å²) in [5.74, 6) is 0.424. The molecule has 7 nitrogen and oxygen atoms in total. The van der Waals surface area contributed by atoms with Crippen molar-refractivity contribution in [1.82, 2.24) is 19.8 Å². The Morgan fingerprint density at radius 3 is 1.32 bits per heavy atom. The summed E-state index contributed by atoms with van der Waals surface area (Å²) in [6.45, 7) is 2.67. The predicted octanol–water partition coefficient (Wildman–Crippen LogP) is 3.58. The molecule has 0 atom stereocenters. The van der Waals surface area contributed by atoms with Crippen molar-refractivity contribution in [3.63, 3.8) is 0 Å². The lowest BCUT2D eigenvalue weighted by Gasteiger charge is -2.41. The third-order valence-electron chi connectivity index (χ3n) is 5.89. The minimum absolute atomic E-state index is 0.201. The van der Waals surface area contributed by atoms with Crippen LogP contribution in [0.3, 0.4) is 0 Å². The minimum Gasteiger partial charge on any atom is -0.353 e. The summed E-state index contributed by atoms with van der Waals surface area (Å²) in [4.78, 5) is 27.6. The molecule has 0 saturated carbocycles. The number of rotatable bonds is 2. The number of amides is 2. The second-order valence-electron chi connectivity index (χ2n) is 8.03. The average Bonchev–Trinajstić information content (AvgIpc) is 2.83. The van der Waals surface area contributed by atoms with Crippen molar-refractivity contribution in [2.45, 2.75) is 12.4 Å². The summed E-state index contributed by atoms with van der Waals surface area (Å²) < 4.78 is 77.7. The Labute approximate surface area is 191 Å². The van der Waals surface area contributed by atoms with Crippen LogP contribution in [0.5, 0.6) is 0 Å². The number of urea groups is 1. The molecular weight excluding hydrogens is 466 g/mol. The van der Waals surface area contributed by atoms with Crippen LogP contribution in [-0.2, 0) is 12.4 Å². The summed E-state index contributed by atoms with van der Waals surface area (Å²) >= 11 is 0. The third kappa shape index (κ3) is 5.28. The molecule has 2 amide bonds. The zero-order chi connectivity index (χ0) is 24.5. The Balaban J connectivity index is 1.30. The van der Waals surface area contributed by atoms with Gasteiger partial charge in [0.2, 0.25) is 0 Å². The Morgan fingerprint density at radius 2 is 1.00 bits per heavy atom. The SMILES string of the molecule is O=C(N1CCN(c2cc(C(F)(F)F)ccn2)CC1)N1CCN(c2cc(C(F)(F)F)ccn2)CC1. The molecule has 2 aromatic heterocycles. The fourth-order valence-electron chi connectivity index (χ4n) is 3.99. The molecule has 184 valence electrons. The highest BCUT2D eigenvalue weighted by Gasteiger charge is 2.34. The normalized spacial score (nSPS) is 17.8. The van der Waals surface area contributed by atoms with Crippen molar-refractivity contribution in [1.29, 1.82) is 0 Å². The lowest BCUT2D eigenvalue weighted by atomic mass is 10.2. The van der Waals surface area contributed by atoms with Gasteiger partial charge in [-0.05, 0) is 24.3 Å². The lowest BCUT2D eigenvalue weighted by molar-refractivity contribution is -0.138. The van der Waals surface area contributed by atoms with E-state index in [9.17, 15) is 31.1 Å². The molecule has 0 aliphatic carbocycles. The number of alkyl halides is 6. The Kier molecular flexibility index (Phi) is 6.45. The number of hydrogen-bond acceptors (Lipinski definition) is 5. The van der Waals surface area contributed by atoms with Gasteiger partial charge in [-0.1, -0.05) is 0 Å². The van der Waals surface area contributed by atoms with E-state index in [4.69, 9.17) is 0 Å². The van der Waals surface area contributed by atoms with Gasteiger partial charge in [0.05, 0.1) is 11.1 Å². The van der Waals surface area contributed by atoms with Crippen LogP contribution in [0.1, 0.15) is 11.1 Å². The fraction of sp³-hybridized carbons (Fsp3) is 0.476. The molecule has 2 fully saturated rings. The van der Waals surface area contributed by atoms with E-state index in [1.54, 1.807) is 19.6 Å². The summed E-state index contributed by atoms with van der Waals surface area (Å²) in [5, 5.41) is 0. The topological polar surface area (TPSA) is 55.8 Å². The number of anilines is 2. The second kappa shape index (κ2) is 9.18. The zero-order valence-corrected chi connectivity index (χ0v) is 18.0. The quantitative estimate of drug-likeness (QED) is 0.605. The van der Waals surface area contributed by atoms with Crippen molar-refractivity contribution in [2.24, 2.45) is 0 Å². The number of carbonyl (C=O) groups is 1. The van der Waals surface area contributed by atoms with E-state index in [2.05, 4.69) is 9.97 Å². The van der Waals surface area contributed by atoms with Crippen molar-refractivity contribution in [2.75, 3.05) is 62.2 Å². The summed E-state index contributed by atoms with van der Waals surface area (Å²) in [6.07, 6.45) is -6.68. The first kappa shape index (κ1) is 23.9. The largest absolute Gasteiger partial charge is 0.416 e. The van der Waals surface area contributed by atoms with Gasteiger partial charge in [0, 0.05) is 64.8 Å². The molecule has 0 N–H and O–H groups in total. The van der Waals surface area contributed by atoms with Crippen LogP contribution in [-0.4, -0.2) is 78.2 Å². The maximum atomic E-state index is 13.0. The maximum Gasteiger partial charge on any atom is 0.416 e. The van der Waals surface area contributed by atoms with Crippen molar-refractivity contribution in [3.8, 4) is 0 Å². The van der Waals surface area contributed by atoms with Crippen LogP contribution in [0, 0.1) is 0 Å². The van der Waals surface area contributed by atoms with Crippen molar-refractivity contribution < 1.29 is 31.1 Å². The van der Waals surface area contributed by atoms with E-state index in [0.29, 0.717) is 52.4 Å². The smallest absolute Gasteiger partial charge is 0.353 e. The van der Waals surface area contributed by atoms with Gasteiger partial charge < -0.3 is 19.6 Å². The van der Waals surface area contributed by atoms with Gasteiger partial charge in [0.1, 0.15) is 11.6 Å². The van der Waals surface area contributed by atoms with E-state index < -0.39 is 23.5 Å². The number of halogens is 6. The van der Waals surface area contributed by atoms with E-state index in [1.165, 1.54) is 0 Å². The number of aromatic nitrogens is 2. The molecule has 13 heteroatoms. The van der Waals surface area contributed by atoms with Gasteiger partial charge >= 0.3 is 18.4 Å². The van der Waals surface area contributed by atoms with E-state index in [1.807, 2.05) is 0 Å². The standard InChI is InChI=1S/C21H22F6N6O/c22-20(23,24)15-1-3-28-17(13-15)30-5-9-32(10-6-30)19(34)33-11-7-31(8-12-33)18-14-16(2-4-29-18)21(25,26)27/h1-4,13-14H,5-12H2. The number of carbonyl (C=O) groups excluding carboxylic acids is 1. The van der Waals surface area contributed by atoms with Gasteiger partial charge in [-0.25, -0.2) is 14.8 Å². The first-order valence-electron chi connectivity index (χ1n) is 10.6. The van der Waals surface area contributed by atoms with Crippen molar-refractivity contribution >= 4 is 17.7 Å². The highest BCUT2D eigenvalue weighted by molar-refractivity contribution is 5.75. The molecule has 4 heterocycles. The van der Waals surface area contributed by atoms with Crippen LogP contribution in [0.4, 0.5) is 42.8 Å². The van der Waals surface area contributed by atoms with Crippen LogP contribution >= 0.6 is 0 Å². The van der Waals surface area contributed by atoms with Crippen LogP contribution < -0.4 is 9.80 Å². The summed E-state index contributed by atoms with van der Waals surface area (Å²) in [7, 11) is 0. The van der Waals surface area contributed by atoms with Gasteiger partial charge in [0.15, 0.2) is 0 Å². The molecule has 0 radical (unpaired) electrons. The lowest BCUT2D eigenvalue weighted by Crippen LogP contribution is -2.57. The van der Waals surface area contributed by atoms with E-state index >= 15 is 0 Å². The average molecular weight is 488 g/mol. The molecule has 2 saturated heterocycles. The molecule has 4 rings (SSSR count). The predicted molar refractivity (Wildman–Crippen MR) is 111 cm³/mol. The molecular formula is C21H22F6N6O. The number of hydrogen-bond donors (Lipinski definition) is 0. The van der Waals surface area contributed by atoms with Gasteiger partial charge in [-0.3, -0.25) is 0 Å². The maximum absolute atomic E-state index is 13.0. The molecule has 0 unspecified atom stereocenters. The number of nitrogens with zero attached hydrogens (tertiary/aromatic N) is 6. The highest BCUT2D eigenvalue weighted by atomic mass is 19.4. The number of piperazine rings is 2. The molecule has 2 aromatic rings. The molecule has 0 bridgehead atoms. The Hall–Kier alpha value is -3.25. The Bertz CT molecular complexity index is 934. The second-order valence-corrected chi connectivity index (χ2v) is 8.03. The first-order chi connectivity index (χ1) is 16.0. The van der Waals surface area contributed by atoms with Crippen LogP contribution in [0.25, 0.3) is 0 Å². The van der Waals surface area contributed by atoms with E-state index in [-0.39, 0.29) is 17.7 Å². The third-order valence-corrected chi connectivity index (χ3v) is 5.89. The molecule has 2 aliphatic heterocycles. The monoisotopic (exact) mass is 488 g/mol. The Morgan fingerprint density at radius 1 is 0.647 bits per heavy atom. The number of pyridine rings is 2. The first-order valence-corrected chi connectivity index (χ1v) is 10.6. The molecule has 0 aromatic carbocycles. The van der Waals surface area contributed by atoms with Gasteiger partial charge in [0.25, 0.3) is 0 Å². The molecule has 0 spiro atoms. The van der Waals surface area contributed by atoms with Crippen molar-refractivity contribution in [3.05, 3.63) is 47.8 Å². The van der Waals surface area contributed by atoms with Gasteiger partial charge in [-0.2, -0.15) is 26.3 Å². The summed E-state index contributed by atoms with van der Waals surface area (Å²) in [6, 6.07) is 3.63. The molecule has 2 aliphatic rings. The minimum atomic E-state index is -4.46. The van der Waals surface area contributed by atoms with E-state index in [0.717, 1.165) is 36.7 Å². The zero-order valence-electron chi connectivity index (χ0n) is 18.0. The fourth-order valence-corrected chi connectivity index (χ4v) is 3.99. The van der Waals surface area contributed by atoms with Crippen LogP contribution in [0.15, 0.2) is 36.7 Å². The highest BCUT2D eigenvalue weighted by Crippen LogP contribution is 2.32. The van der Waals surface area contributed by atoms with Gasteiger partial charge in [-0.15, -0.1) is 0 Å².